The molecular formula is C24H21F4N5O4. The molecule has 2 aliphatic rings. The first-order valence-electron chi connectivity index (χ1n) is 11.3. The Hall–Kier alpha value is -3.87. The van der Waals surface area contributed by atoms with E-state index in [0.29, 0.717) is 34.4 Å². The molecule has 0 bridgehead atoms. The van der Waals surface area contributed by atoms with Gasteiger partial charge in [0.05, 0.1) is 32.3 Å². The van der Waals surface area contributed by atoms with Crippen LogP contribution in [0.5, 0.6) is 5.75 Å². The van der Waals surface area contributed by atoms with Crippen molar-refractivity contribution in [1.29, 1.82) is 0 Å². The summed E-state index contributed by atoms with van der Waals surface area (Å²) in [6.45, 7) is 0.0557. The zero-order valence-electron chi connectivity index (χ0n) is 19.7. The predicted octanol–water partition coefficient (Wildman–Crippen LogP) is 3.74. The van der Waals surface area contributed by atoms with Crippen molar-refractivity contribution < 1.29 is 36.6 Å². The van der Waals surface area contributed by atoms with Crippen LogP contribution in [-0.2, 0) is 20.4 Å². The van der Waals surface area contributed by atoms with Crippen LogP contribution in [0.15, 0.2) is 42.5 Å². The van der Waals surface area contributed by atoms with Gasteiger partial charge in [0.15, 0.2) is 5.82 Å². The van der Waals surface area contributed by atoms with Crippen molar-refractivity contribution in [1.82, 2.24) is 25.2 Å². The van der Waals surface area contributed by atoms with Crippen LogP contribution in [0, 0.1) is 11.7 Å². The van der Waals surface area contributed by atoms with Crippen LogP contribution in [0.25, 0.3) is 11.4 Å². The molecular weight excluding hydrogens is 498 g/mol. The van der Waals surface area contributed by atoms with Crippen LogP contribution >= 0.6 is 0 Å². The van der Waals surface area contributed by atoms with Crippen molar-refractivity contribution in [2.24, 2.45) is 5.92 Å². The van der Waals surface area contributed by atoms with Crippen molar-refractivity contribution in [3.8, 4) is 11.6 Å². The number of methoxy groups -OCH3 is 2. The first-order valence-corrected chi connectivity index (χ1v) is 11.3. The van der Waals surface area contributed by atoms with Gasteiger partial charge in [0, 0.05) is 11.5 Å². The highest BCUT2D eigenvalue weighted by atomic mass is 19.4. The summed E-state index contributed by atoms with van der Waals surface area (Å²) in [4.78, 5) is 17.0. The van der Waals surface area contributed by atoms with Gasteiger partial charge in [0.1, 0.15) is 17.3 Å². The number of hydrogen-bond donors (Lipinski definition) is 0. The lowest BCUT2D eigenvalue weighted by atomic mass is 9.79. The largest absolute Gasteiger partial charge is 0.494 e. The SMILES string of the molecule is COC(=O)C1CCC2(C=C(c3nc(-n4nnnc4C(F)(F)F)ccc3OC)CO2)C1c1ccc(F)cc1. The van der Waals surface area contributed by atoms with Gasteiger partial charge in [0.25, 0.3) is 5.82 Å². The molecule has 0 saturated heterocycles. The van der Waals surface area contributed by atoms with Crippen LogP contribution in [-0.4, -0.2) is 57.6 Å². The number of rotatable bonds is 5. The third-order valence-electron chi connectivity index (χ3n) is 6.73. The molecule has 37 heavy (non-hydrogen) atoms. The van der Waals surface area contributed by atoms with Gasteiger partial charge in [-0.15, -0.1) is 5.10 Å². The topological polar surface area (TPSA) is 101 Å². The molecule has 3 aromatic rings. The van der Waals surface area contributed by atoms with Crippen molar-refractivity contribution in [2.75, 3.05) is 20.8 Å². The van der Waals surface area contributed by atoms with Gasteiger partial charge in [-0.25, -0.2) is 9.37 Å². The molecule has 1 spiro atoms. The Morgan fingerprint density at radius 2 is 1.92 bits per heavy atom. The smallest absolute Gasteiger partial charge is 0.453 e. The third kappa shape index (κ3) is 4.32. The van der Waals surface area contributed by atoms with E-state index < -0.39 is 41.2 Å². The van der Waals surface area contributed by atoms with Gasteiger partial charge in [-0.1, -0.05) is 12.1 Å². The normalized spacial score (nSPS) is 23.4. The molecule has 1 saturated carbocycles. The number of hydrogen-bond acceptors (Lipinski definition) is 8. The van der Waals surface area contributed by atoms with Gasteiger partial charge in [0.2, 0.25) is 0 Å². The number of pyridine rings is 1. The first kappa shape index (κ1) is 24.8. The van der Waals surface area contributed by atoms with E-state index in [9.17, 15) is 22.4 Å². The molecule has 13 heteroatoms. The van der Waals surface area contributed by atoms with E-state index in [-0.39, 0.29) is 18.1 Å². The summed E-state index contributed by atoms with van der Waals surface area (Å²) in [5, 5.41) is 9.65. The molecule has 3 heterocycles. The van der Waals surface area contributed by atoms with Gasteiger partial charge in [-0.2, -0.15) is 17.9 Å². The second-order valence-electron chi connectivity index (χ2n) is 8.74. The summed E-state index contributed by atoms with van der Waals surface area (Å²) in [5.74, 6) is -3.03. The fourth-order valence-corrected chi connectivity index (χ4v) is 5.15. The molecule has 0 N–H and O–H groups in total. The number of tetrazole rings is 1. The maximum absolute atomic E-state index is 13.6. The third-order valence-corrected chi connectivity index (χ3v) is 6.73. The number of carbonyl (C=O) groups excluding carboxylic acids is 1. The predicted molar refractivity (Wildman–Crippen MR) is 119 cm³/mol. The minimum atomic E-state index is -4.79. The molecule has 1 aliphatic heterocycles. The average molecular weight is 519 g/mol. The molecule has 0 amide bonds. The van der Waals surface area contributed by atoms with Gasteiger partial charge in [-0.05, 0) is 59.2 Å². The summed E-state index contributed by atoms with van der Waals surface area (Å²) >= 11 is 0. The van der Waals surface area contributed by atoms with Crippen molar-refractivity contribution in [3.05, 3.63) is 65.4 Å². The Morgan fingerprint density at radius 1 is 1.16 bits per heavy atom. The fraction of sp³-hybridized carbons (Fsp3) is 0.375. The van der Waals surface area contributed by atoms with Crippen LogP contribution < -0.4 is 4.74 Å². The minimum absolute atomic E-state index is 0.0557. The lowest BCUT2D eigenvalue weighted by Crippen LogP contribution is -2.34. The van der Waals surface area contributed by atoms with E-state index in [2.05, 4.69) is 20.5 Å². The molecule has 5 rings (SSSR count). The van der Waals surface area contributed by atoms with E-state index in [0.717, 1.165) is 0 Å². The summed E-state index contributed by atoms with van der Waals surface area (Å²) in [6.07, 6.45) is -2.04. The average Bonchev–Trinajstić information content (AvgIpc) is 3.63. The van der Waals surface area contributed by atoms with E-state index in [4.69, 9.17) is 14.2 Å². The van der Waals surface area contributed by atoms with Crippen LogP contribution in [0.2, 0.25) is 0 Å². The Morgan fingerprint density at radius 3 is 2.59 bits per heavy atom. The second kappa shape index (κ2) is 9.21. The van der Waals surface area contributed by atoms with Gasteiger partial charge in [-0.3, -0.25) is 4.79 Å². The number of esters is 1. The molecule has 9 nitrogen and oxygen atoms in total. The number of benzene rings is 1. The molecule has 1 fully saturated rings. The summed E-state index contributed by atoms with van der Waals surface area (Å²) in [5.41, 5.74) is 0.558. The second-order valence-corrected chi connectivity index (χ2v) is 8.74. The van der Waals surface area contributed by atoms with E-state index in [1.165, 1.54) is 38.5 Å². The highest BCUT2D eigenvalue weighted by molar-refractivity contribution is 5.77. The summed E-state index contributed by atoms with van der Waals surface area (Å²) in [6, 6.07) is 8.61. The number of carbonyl (C=O) groups is 1. The lowest BCUT2D eigenvalue weighted by Gasteiger charge is -2.31. The standard InChI is InChI=1S/C24H21F4N5O4/c1-35-17-7-8-18(33-22(24(26,27)28)30-31-32-33)29-20(17)14-11-23(37-12-14)10-9-16(21(34)36-2)19(23)13-3-5-15(25)6-4-13/h3-8,11,16,19H,9-10,12H2,1-2H3. The number of halogens is 4. The molecule has 2 aromatic heterocycles. The maximum Gasteiger partial charge on any atom is 0.453 e. The fourth-order valence-electron chi connectivity index (χ4n) is 5.15. The number of nitrogens with zero attached hydrogens (tertiary/aromatic N) is 5. The van der Waals surface area contributed by atoms with E-state index in [1.807, 2.05) is 6.08 Å². The van der Waals surface area contributed by atoms with Gasteiger partial charge < -0.3 is 14.2 Å². The van der Waals surface area contributed by atoms with E-state index >= 15 is 0 Å². The quantitative estimate of drug-likeness (QED) is 0.371. The van der Waals surface area contributed by atoms with Crippen molar-refractivity contribution >= 4 is 11.5 Å². The minimum Gasteiger partial charge on any atom is -0.494 e. The highest BCUT2D eigenvalue weighted by Gasteiger charge is 2.54. The number of ether oxygens (including phenoxy) is 3. The maximum atomic E-state index is 13.6. The number of alkyl halides is 3. The van der Waals surface area contributed by atoms with Crippen molar-refractivity contribution in [3.63, 3.8) is 0 Å². The van der Waals surface area contributed by atoms with Crippen LogP contribution in [0.3, 0.4) is 0 Å². The van der Waals surface area contributed by atoms with Crippen LogP contribution in [0.1, 0.15) is 35.8 Å². The number of aromatic nitrogens is 5. The molecule has 194 valence electrons. The molecule has 3 atom stereocenters. The zero-order valence-corrected chi connectivity index (χ0v) is 19.7. The Bertz CT molecular complexity index is 1360. The summed E-state index contributed by atoms with van der Waals surface area (Å²) in [7, 11) is 2.72. The van der Waals surface area contributed by atoms with Crippen molar-refractivity contribution in [2.45, 2.75) is 30.5 Å². The Labute approximate surface area is 208 Å². The van der Waals surface area contributed by atoms with Crippen LogP contribution in [0.4, 0.5) is 17.6 Å². The van der Waals surface area contributed by atoms with Gasteiger partial charge >= 0.3 is 12.1 Å². The molecule has 1 aromatic carbocycles. The Balaban J connectivity index is 1.58. The molecule has 3 unspecified atom stereocenters. The monoisotopic (exact) mass is 519 g/mol. The highest BCUT2D eigenvalue weighted by Crippen LogP contribution is 2.54. The Kier molecular flexibility index (Phi) is 6.18. The lowest BCUT2D eigenvalue weighted by molar-refractivity contribution is -0.147. The zero-order chi connectivity index (χ0) is 26.4. The van der Waals surface area contributed by atoms with E-state index in [1.54, 1.807) is 12.1 Å². The molecule has 0 radical (unpaired) electrons. The summed E-state index contributed by atoms with van der Waals surface area (Å²) < 4.78 is 71.0. The molecule has 1 aliphatic carbocycles. The first-order chi connectivity index (χ1) is 17.7.